The Kier molecular flexibility index (Phi) is 3.56. The van der Waals surface area contributed by atoms with Gasteiger partial charge in [0, 0.05) is 24.8 Å². The van der Waals surface area contributed by atoms with Crippen LogP contribution in [0.15, 0.2) is 30.6 Å². The van der Waals surface area contributed by atoms with Crippen LogP contribution in [-0.4, -0.2) is 16.2 Å². The minimum absolute atomic E-state index is 0.558. The van der Waals surface area contributed by atoms with Gasteiger partial charge in [-0.05, 0) is 36.8 Å². The highest BCUT2D eigenvalue weighted by molar-refractivity contribution is 5.53. The summed E-state index contributed by atoms with van der Waals surface area (Å²) >= 11 is 0. The second-order valence-electron chi connectivity index (χ2n) is 5.86. The molecule has 0 bridgehead atoms. The number of aromatic nitrogens is 2. The second kappa shape index (κ2) is 5.33. The maximum atomic E-state index is 4.38. The van der Waals surface area contributed by atoms with E-state index in [1.165, 1.54) is 43.2 Å². The zero-order valence-corrected chi connectivity index (χ0v) is 11.7. The fourth-order valence-electron chi connectivity index (χ4n) is 3.37. The Morgan fingerprint density at radius 3 is 2.95 bits per heavy atom. The van der Waals surface area contributed by atoms with Gasteiger partial charge >= 0.3 is 0 Å². The average molecular weight is 257 g/mol. The minimum atomic E-state index is 0.558. The molecule has 3 heteroatoms. The molecule has 2 heterocycles. The summed E-state index contributed by atoms with van der Waals surface area (Å²) in [5.41, 5.74) is 3.07. The molecule has 0 unspecified atom stereocenters. The van der Waals surface area contributed by atoms with Crippen molar-refractivity contribution in [3.63, 3.8) is 0 Å². The van der Waals surface area contributed by atoms with Crippen LogP contribution in [0.4, 0.5) is 0 Å². The third-order valence-electron chi connectivity index (χ3n) is 4.74. The molecule has 1 aliphatic carbocycles. The third kappa shape index (κ3) is 2.52. The Morgan fingerprint density at radius 2 is 2.16 bits per heavy atom. The molecule has 0 spiro atoms. The molecule has 3 nitrogen and oxygen atoms in total. The molecule has 0 aromatic carbocycles. The van der Waals surface area contributed by atoms with E-state index < -0.39 is 0 Å². The molecule has 1 saturated carbocycles. The lowest BCUT2D eigenvalue weighted by Gasteiger charge is -2.27. The minimum Gasteiger partial charge on any atom is -0.312 e. The molecule has 19 heavy (non-hydrogen) atoms. The average Bonchev–Trinajstić information content (AvgIpc) is 3.07. The Balaban J connectivity index is 1.63. The number of nitrogens with one attached hydrogen (secondary N) is 1. The maximum Gasteiger partial charge on any atom is 0.0706 e. The van der Waals surface area contributed by atoms with E-state index in [2.05, 4.69) is 29.5 Å². The van der Waals surface area contributed by atoms with Gasteiger partial charge in [-0.15, -0.1) is 0 Å². The molecule has 0 atom stereocenters. The third-order valence-corrected chi connectivity index (χ3v) is 4.74. The van der Waals surface area contributed by atoms with Crippen molar-refractivity contribution in [3.05, 3.63) is 36.2 Å². The molecule has 0 aliphatic heterocycles. The van der Waals surface area contributed by atoms with Gasteiger partial charge in [0.05, 0.1) is 11.7 Å². The molecule has 1 aliphatic rings. The van der Waals surface area contributed by atoms with Crippen LogP contribution in [0.1, 0.15) is 44.6 Å². The van der Waals surface area contributed by atoms with Crippen LogP contribution in [0.2, 0.25) is 0 Å². The summed E-state index contributed by atoms with van der Waals surface area (Å²) in [5.74, 6) is 0. The van der Waals surface area contributed by atoms with Gasteiger partial charge in [0.1, 0.15) is 0 Å². The number of hydrogen-bond donors (Lipinski definition) is 1. The predicted octanol–water partition coefficient (Wildman–Crippen LogP) is 3.39. The molecule has 1 N–H and O–H groups in total. The highest BCUT2D eigenvalue weighted by Gasteiger charge is 2.31. The highest BCUT2D eigenvalue weighted by atomic mass is 15.2. The summed E-state index contributed by atoms with van der Waals surface area (Å²) in [6, 6.07) is 6.22. The zero-order chi connectivity index (χ0) is 13.1. The molecule has 0 radical (unpaired) electrons. The summed E-state index contributed by atoms with van der Waals surface area (Å²) in [6.07, 6.45) is 10.9. The summed E-state index contributed by atoms with van der Waals surface area (Å²) in [7, 11) is 0. The van der Waals surface area contributed by atoms with Crippen molar-refractivity contribution in [2.45, 2.75) is 45.6 Å². The fraction of sp³-hybridized carbons (Fsp3) is 0.562. The van der Waals surface area contributed by atoms with Crippen molar-refractivity contribution in [2.75, 3.05) is 6.54 Å². The first-order chi connectivity index (χ1) is 9.33. The Labute approximate surface area is 115 Å². The van der Waals surface area contributed by atoms with Crippen LogP contribution < -0.4 is 5.32 Å². The van der Waals surface area contributed by atoms with Gasteiger partial charge in [-0.25, -0.2) is 4.52 Å². The van der Waals surface area contributed by atoms with Crippen LogP contribution in [0.3, 0.4) is 0 Å². The molecule has 1 fully saturated rings. The van der Waals surface area contributed by atoms with Gasteiger partial charge in [0.15, 0.2) is 0 Å². The molecule has 2 aromatic heterocycles. The quantitative estimate of drug-likeness (QED) is 0.889. The number of pyridine rings is 1. The van der Waals surface area contributed by atoms with E-state index in [4.69, 9.17) is 0 Å². The van der Waals surface area contributed by atoms with E-state index in [9.17, 15) is 0 Å². The first-order valence-electron chi connectivity index (χ1n) is 7.45. The van der Waals surface area contributed by atoms with E-state index in [1.54, 1.807) is 0 Å². The van der Waals surface area contributed by atoms with E-state index >= 15 is 0 Å². The lowest BCUT2D eigenvalue weighted by atomic mass is 9.83. The fourth-order valence-corrected chi connectivity index (χ4v) is 3.37. The van der Waals surface area contributed by atoms with E-state index in [-0.39, 0.29) is 0 Å². The Hall–Kier alpha value is -1.35. The lowest BCUT2D eigenvalue weighted by Crippen LogP contribution is -2.31. The van der Waals surface area contributed by atoms with E-state index in [1.807, 2.05) is 23.0 Å². The summed E-state index contributed by atoms with van der Waals surface area (Å²) < 4.78 is 1.95. The number of nitrogens with zero attached hydrogens (tertiary/aromatic N) is 2. The summed E-state index contributed by atoms with van der Waals surface area (Å²) in [4.78, 5) is 0. The van der Waals surface area contributed by atoms with Crippen molar-refractivity contribution >= 4 is 5.52 Å². The van der Waals surface area contributed by atoms with Crippen molar-refractivity contribution in [2.24, 2.45) is 5.41 Å². The standard InChI is InChI=1S/C16H23N3/c1-2-16(8-4-5-9-16)13-17-11-14-12-18-19-10-6-3-7-15(14)19/h3,6-7,10,12,17H,2,4-5,8-9,11,13H2,1H3. The first kappa shape index (κ1) is 12.7. The second-order valence-corrected chi connectivity index (χ2v) is 5.86. The van der Waals surface area contributed by atoms with Crippen LogP contribution in [0.25, 0.3) is 5.52 Å². The monoisotopic (exact) mass is 257 g/mol. The smallest absolute Gasteiger partial charge is 0.0706 e. The first-order valence-corrected chi connectivity index (χ1v) is 7.45. The predicted molar refractivity (Wildman–Crippen MR) is 78.1 cm³/mol. The van der Waals surface area contributed by atoms with Crippen LogP contribution in [0.5, 0.6) is 0 Å². The van der Waals surface area contributed by atoms with Crippen molar-refractivity contribution < 1.29 is 0 Å². The largest absolute Gasteiger partial charge is 0.312 e. The lowest BCUT2D eigenvalue weighted by molar-refractivity contribution is 0.268. The Bertz CT molecular complexity index is 538. The molecular weight excluding hydrogens is 234 g/mol. The van der Waals surface area contributed by atoms with Gasteiger partial charge < -0.3 is 5.32 Å². The Morgan fingerprint density at radius 1 is 1.32 bits per heavy atom. The zero-order valence-electron chi connectivity index (χ0n) is 11.7. The summed E-state index contributed by atoms with van der Waals surface area (Å²) in [5, 5.41) is 8.04. The molecular formula is C16H23N3. The van der Waals surface area contributed by atoms with Gasteiger partial charge in [-0.3, -0.25) is 0 Å². The molecule has 0 saturated heterocycles. The molecule has 0 amide bonds. The van der Waals surface area contributed by atoms with E-state index in [0.717, 1.165) is 13.1 Å². The van der Waals surface area contributed by atoms with Gasteiger partial charge in [0.2, 0.25) is 0 Å². The SMILES string of the molecule is CCC1(CNCc2cnn3ccccc23)CCCC1. The topological polar surface area (TPSA) is 29.3 Å². The number of fused-ring (bicyclic) bond motifs is 1. The number of hydrogen-bond acceptors (Lipinski definition) is 2. The van der Waals surface area contributed by atoms with Crippen molar-refractivity contribution in [1.82, 2.24) is 14.9 Å². The van der Waals surface area contributed by atoms with Gasteiger partial charge in [-0.1, -0.05) is 25.8 Å². The van der Waals surface area contributed by atoms with Crippen molar-refractivity contribution in [1.29, 1.82) is 0 Å². The normalized spacial score (nSPS) is 18.2. The highest BCUT2D eigenvalue weighted by Crippen LogP contribution is 2.40. The van der Waals surface area contributed by atoms with E-state index in [0.29, 0.717) is 5.41 Å². The summed E-state index contributed by atoms with van der Waals surface area (Å²) in [6.45, 7) is 4.41. The molecule has 102 valence electrons. The molecule has 2 aromatic rings. The van der Waals surface area contributed by atoms with Crippen LogP contribution in [-0.2, 0) is 6.54 Å². The molecule has 3 rings (SSSR count). The maximum absolute atomic E-state index is 4.38. The van der Waals surface area contributed by atoms with Crippen LogP contribution in [0, 0.1) is 5.41 Å². The number of rotatable bonds is 5. The van der Waals surface area contributed by atoms with Gasteiger partial charge in [-0.2, -0.15) is 5.10 Å². The van der Waals surface area contributed by atoms with Crippen molar-refractivity contribution in [3.8, 4) is 0 Å². The van der Waals surface area contributed by atoms with Gasteiger partial charge in [0.25, 0.3) is 0 Å². The van der Waals surface area contributed by atoms with Crippen LogP contribution >= 0.6 is 0 Å².